The maximum absolute atomic E-state index is 5.88. The first-order valence-electron chi connectivity index (χ1n) is 7.24. The molecule has 0 radical (unpaired) electrons. The molecule has 0 amide bonds. The number of hydrogen-bond acceptors (Lipinski definition) is 3. The lowest BCUT2D eigenvalue weighted by Crippen LogP contribution is -2.53. The summed E-state index contributed by atoms with van der Waals surface area (Å²) < 4.78 is 5.88. The molecule has 1 aromatic rings. The third-order valence-electron chi connectivity index (χ3n) is 3.45. The molecule has 0 aliphatic heterocycles. The average Bonchev–Trinajstić information content (AvgIpc) is 2.25. The van der Waals surface area contributed by atoms with Crippen molar-refractivity contribution in [2.45, 2.75) is 71.1 Å². The summed E-state index contributed by atoms with van der Waals surface area (Å²) in [6, 6.07) is 4.68. The molecule has 0 atom stereocenters. The maximum atomic E-state index is 5.88. The van der Waals surface area contributed by atoms with E-state index in [-0.39, 0.29) is 5.54 Å². The van der Waals surface area contributed by atoms with Gasteiger partial charge in [0.2, 0.25) is 5.88 Å². The van der Waals surface area contributed by atoms with Crippen molar-refractivity contribution in [3.05, 3.63) is 23.9 Å². The highest BCUT2D eigenvalue weighted by Crippen LogP contribution is 2.27. The highest BCUT2D eigenvalue weighted by Gasteiger charge is 2.33. The second-order valence-corrected chi connectivity index (χ2v) is 6.89. The smallest absolute Gasteiger partial charge is 0.213 e. The van der Waals surface area contributed by atoms with Crippen LogP contribution in [0.2, 0.25) is 0 Å². The molecule has 1 aromatic heterocycles. The molecule has 3 nitrogen and oxygen atoms in total. The normalized spacial score (nSPS) is 23.3. The predicted molar refractivity (Wildman–Crippen MR) is 78.7 cm³/mol. The Morgan fingerprint density at radius 3 is 2.42 bits per heavy atom. The molecule has 0 spiro atoms. The Labute approximate surface area is 116 Å². The monoisotopic (exact) mass is 262 g/mol. The van der Waals surface area contributed by atoms with Crippen molar-refractivity contribution in [2.24, 2.45) is 0 Å². The quantitative estimate of drug-likeness (QED) is 0.901. The zero-order valence-electron chi connectivity index (χ0n) is 12.7. The molecule has 0 aromatic carbocycles. The molecule has 19 heavy (non-hydrogen) atoms. The van der Waals surface area contributed by atoms with Gasteiger partial charge in [0.15, 0.2) is 0 Å². The van der Waals surface area contributed by atoms with E-state index in [4.69, 9.17) is 4.74 Å². The van der Waals surface area contributed by atoms with Gasteiger partial charge in [-0.05, 0) is 45.1 Å². The summed E-state index contributed by atoms with van der Waals surface area (Å²) in [4.78, 5) is 4.38. The second-order valence-electron chi connectivity index (χ2n) is 6.89. The van der Waals surface area contributed by atoms with Crippen LogP contribution in [-0.4, -0.2) is 22.7 Å². The molecule has 1 N–H and O–H groups in total. The summed E-state index contributed by atoms with van der Waals surface area (Å²) in [6.45, 7) is 11.0. The Bertz CT molecular complexity index is 400. The van der Waals surface area contributed by atoms with Crippen LogP contribution in [-0.2, 0) is 0 Å². The van der Waals surface area contributed by atoms with Gasteiger partial charge >= 0.3 is 0 Å². The molecule has 0 saturated heterocycles. The van der Waals surface area contributed by atoms with Crippen molar-refractivity contribution in [1.29, 1.82) is 0 Å². The number of nitrogens with zero attached hydrogens (tertiary/aromatic N) is 1. The summed E-state index contributed by atoms with van der Waals surface area (Å²) in [7, 11) is 0. The van der Waals surface area contributed by atoms with E-state index >= 15 is 0 Å². The number of rotatable bonds is 4. The van der Waals surface area contributed by atoms with Crippen molar-refractivity contribution in [3.8, 4) is 5.88 Å². The summed E-state index contributed by atoms with van der Waals surface area (Å²) >= 11 is 0. The summed E-state index contributed by atoms with van der Waals surface area (Å²) in [6.07, 6.45) is 4.39. The molecule has 1 saturated carbocycles. The van der Waals surface area contributed by atoms with E-state index in [2.05, 4.69) is 51.0 Å². The topological polar surface area (TPSA) is 34.1 Å². The molecule has 106 valence electrons. The van der Waals surface area contributed by atoms with E-state index in [0.717, 1.165) is 18.7 Å². The molecule has 3 heteroatoms. The molecule has 1 heterocycles. The standard InChI is InChI=1S/C16H26N2O/c1-11(2)12-6-7-15(17-10-12)19-14-8-13(9-14)18-16(3,4)5/h6-7,10-11,13-14,18H,8-9H2,1-5H3. The molecular formula is C16H26N2O. The van der Waals surface area contributed by atoms with Crippen LogP contribution in [0.5, 0.6) is 5.88 Å². The van der Waals surface area contributed by atoms with Crippen LogP contribution in [0.1, 0.15) is 58.9 Å². The Morgan fingerprint density at radius 2 is 1.95 bits per heavy atom. The van der Waals surface area contributed by atoms with Crippen LogP contribution in [0.3, 0.4) is 0 Å². The minimum absolute atomic E-state index is 0.187. The largest absolute Gasteiger partial charge is 0.474 e. The van der Waals surface area contributed by atoms with Crippen molar-refractivity contribution < 1.29 is 4.74 Å². The van der Waals surface area contributed by atoms with Crippen molar-refractivity contribution in [1.82, 2.24) is 10.3 Å². The number of nitrogens with one attached hydrogen (secondary N) is 1. The van der Waals surface area contributed by atoms with E-state index in [1.807, 2.05) is 12.3 Å². The Balaban J connectivity index is 1.78. The van der Waals surface area contributed by atoms with E-state index in [0.29, 0.717) is 18.1 Å². The molecule has 0 bridgehead atoms. The van der Waals surface area contributed by atoms with E-state index in [9.17, 15) is 0 Å². The number of ether oxygens (including phenoxy) is 1. The van der Waals surface area contributed by atoms with Crippen LogP contribution in [0, 0.1) is 0 Å². The fraction of sp³-hybridized carbons (Fsp3) is 0.688. The highest BCUT2D eigenvalue weighted by molar-refractivity contribution is 5.20. The number of aromatic nitrogens is 1. The fourth-order valence-electron chi connectivity index (χ4n) is 2.37. The summed E-state index contributed by atoms with van der Waals surface area (Å²) in [5.74, 6) is 1.27. The molecule has 0 unspecified atom stereocenters. The lowest BCUT2D eigenvalue weighted by molar-refractivity contribution is 0.0694. The SMILES string of the molecule is CC(C)c1ccc(OC2CC(NC(C)(C)C)C2)nc1. The Kier molecular flexibility index (Phi) is 4.14. The third kappa shape index (κ3) is 4.20. The van der Waals surface area contributed by atoms with Gasteiger partial charge in [-0.25, -0.2) is 4.98 Å². The molecule has 1 fully saturated rings. The van der Waals surface area contributed by atoms with E-state index in [1.165, 1.54) is 5.56 Å². The fourth-order valence-corrected chi connectivity index (χ4v) is 2.37. The highest BCUT2D eigenvalue weighted by atomic mass is 16.5. The van der Waals surface area contributed by atoms with Crippen LogP contribution < -0.4 is 10.1 Å². The summed E-state index contributed by atoms with van der Waals surface area (Å²) in [5.41, 5.74) is 1.44. The second kappa shape index (κ2) is 5.49. The van der Waals surface area contributed by atoms with Crippen LogP contribution in [0.25, 0.3) is 0 Å². The molecule has 1 aliphatic rings. The zero-order chi connectivity index (χ0) is 14.0. The van der Waals surface area contributed by atoms with Crippen LogP contribution in [0.4, 0.5) is 0 Å². The van der Waals surface area contributed by atoms with Gasteiger partial charge in [0.25, 0.3) is 0 Å². The van der Waals surface area contributed by atoms with Gasteiger partial charge < -0.3 is 10.1 Å². The van der Waals surface area contributed by atoms with Crippen molar-refractivity contribution in [2.75, 3.05) is 0 Å². The Hall–Kier alpha value is -1.09. The lowest BCUT2D eigenvalue weighted by atomic mass is 9.87. The first kappa shape index (κ1) is 14.3. The maximum Gasteiger partial charge on any atom is 0.213 e. The first-order chi connectivity index (χ1) is 8.83. The van der Waals surface area contributed by atoms with Gasteiger partial charge in [-0.1, -0.05) is 19.9 Å². The van der Waals surface area contributed by atoms with Crippen LogP contribution >= 0.6 is 0 Å². The van der Waals surface area contributed by atoms with Gasteiger partial charge in [-0.2, -0.15) is 0 Å². The number of pyridine rings is 1. The van der Waals surface area contributed by atoms with Gasteiger partial charge in [-0.15, -0.1) is 0 Å². The average molecular weight is 262 g/mol. The minimum atomic E-state index is 0.187. The third-order valence-corrected chi connectivity index (χ3v) is 3.45. The molecular weight excluding hydrogens is 236 g/mol. The van der Waals surface area contributed by atoms with Gasteiger partial charge in [-0.3, -0.25) is 0 Å². The Morgan fingerprint density at radius 1 is 1.26 bits per heavy atom. The van der Waals surface area contributed by atoms with Gasteiger partial charge in [0, 0.05) is 23.8 Å². The zero-order valence-corrected chi connectivity index (χ0v) is 12.7. The first-order valence-corrected chi connectivity index (χ1v) is 7.24. The lowest BCUT2D eigenvalue weighted by Gasteiger charge is -2.39. The number of hydrogen-bond donors (Lipinski definition) is 1. The van der Waals surface area contributed by atoms with Gasteiger partial charge in [0.05, 0.1) is 0 Å². The van der Waals surface area contributed by atoms with Crippen LogP contribution in [0.15, 0.2) is 18.3 Å². The van der Waals surface area contributed by atoms with Crippen molar-refractivity contribution >= 4 is 0 Å². The molecule has 1 aliphatic carbocycles. The predicted octanol–water partition coefficient (Wildman–Crippen LogP) is 3.50. The minimum Gasteiger partial charge on any atom is -0.474 e. The van der Waals surface area contributed by atoms with Gasteiger partial charge in [0.1, 0.15) is 6.10 Å². The van der Waals surface area contributed by atoms with Crippen molar-refractivity contribution in [3.63, 3.8) is 0 Å². The van der Waals surface area contributed by atoms with E-state index in [1.54, 1.807) is 0 Å². The van der Waals surface area contributed by atoms with E-state index < -0.39 is 0 Å². The summed E-state index contributed by atoms with van der Waals surface area (Å²) in [5, 5.41) is 3.59. The molecule has 2 rings (SSSR count).